The Labute approximate surface area is 172 Å². The maximum absolute atomic E-state index is 13.5. The Balaban J connectivity index is 1.74. The van der Waals surface area contributed by atoms with Crippen LogP contribution in [0.2, 0.25) is 0 Å². The first-order valence-corrected chi connectivity index (χ1v) is 11.5. The lowest BCUT2D eigenvalue weighted by Crippen LogP contribution is -2.16. The third-order valence-electron chi connectivity index (χ3n) is 4.36. The fourth-order valence-corrected chi connectivity index (χ4v) is 5.27. The van der Waals surface area contributed by atoms with Gasteiger partial charge in [0.2, 0.25) is 5.91 Å². The fourth-order valence-electron chi connectivity index (χ4n) is 2.88. The molecule has 0 saturated heterocycles. The quantitative estimate of drug-likeness (QED) is 0.530. The van der Waals surface area contributed by atoms with Gasteiger partial charge in [0.05, 0.1) is 20.9 Å². The van der Waals surface area contributed by atoms with E-state index < -0.39 is 15.7 Å². The third-order valence-corrected chi connectivity index (χ3v) is 7.22. The van der Waals surface area contributed by atoms with Crippen LogP contribution < -0.4 is 4.80 Å². The number of halogens is 1. The minimum absolute atomic E-state index is 0.0157. The molecule has 1 heterocycles. The number of aromatic nitrogens is 1. The highest BCUT2D eigenvalue weighted by Gasteiger charge is 2.15. The largest absolute Gasteiger partial charge is 0.313 e. The molecule has 0 radical (unpaired) electrons. The smallest absolute Gasteiger partial charge is 0.248 e. The second kappa shape index (κ2) is 8.84. The van der Waals surface area contributed by atoms with E-state index in [2.05, 4.69) is 11.6 Å². The van der Waals surface area contributed by atoms with Gasteiger partial charge in [0.15, 0.2) is 14.6 Å². The lowest BCUT2D eigenvalue weighted by molar-refractivity contribution is -0.118. The van der Waals surface area contributed by atoms with Crippen LogP contribution >= 0.6 is 11.3 Å². The minimum Gasteiger partial charge on any atom is -0.313 e. The van der Waals surface area contributed by atoms with Crippen LogP contribution in [0, 0.1) is 12.7 Å². The number of thiazole rings is 1. The van der Waals surface area contributed by atoms with Crippen molar-refractivity contribution >= 4 is 37.3 Å². The van der Waals surface area contributed by atoms with Gasteiger partial charge >= 0.3 is 0 Å². The van der Waals surface area contributed by atoms with Gasteiger partial charge in [0.25, 0.3) is 0 Å². The topological polar surface area (TPSA) is 68.5 Å². The number of nitrogens with zero attached hydrogens (tertiary/aromatic N) is 2. The number of benzene rings is 2. The molecule has 152 valence electrons. The molecule has 0 N–H and O–H groups in total. The molecule has 0 aliphatic carbocycles. The molecule has 0 bridgehead atoms. The summed E-state index contributed by atoms with van der Waals surface area (Å²) in [4.78, 5) is 17.1. The van der Waals surface area contributed by atoms with Crippen LogP contribution in [0.1, 0.15) is 18.4 Å². The summed E-state index contributed by atoms with van der Waals surface area (Å²) in [6.07, 6.45) is 1.87. The summed E-state index contributed by atoms with van der Waals surface area (Å²) in [5.74, 6) is -0.889. The second-order valence-corrected chi connectivity index (χ2v) is 9.76. The van der Waals surface area contributed by atoms with Crippen molar-refractivity contribution < 1.29 is 17.6 Å². The molecule has 1 amide bonds. The molecule has 1 aromatic heterocycles. The number of allylic oxidation sites excluding steroid dienone is 1. The van der Waals surface area contributed by atoms with Crippen LogP contribution in [-0.4, -0.2) is 24.6 Å². The predicted octanol–water partition coefficient (Wildman–Crippen LogP) is 4.02. The Kier molecular flexibility index (Phi) is 6.44. The summed E-state index contributed by atoms with van der Waals surface area (Å²) in [6, 6.07) is 11.0. The number of hydrogen-bond donors (Lipinski definition) is 0. The van der Waals surface area contributed by atoms with Crippen molar-refractivity contribution in [2.75, 3.05) is 5.75 Å². The molecule has 0 fully saturated rings. The van der Waals surface area contributed by atoms with Gasteiger partial charge in [-0.2, -0.15) is 4.99 Å². The summed E-state index contributed by atoms with van der Waals surface area (Å²) in [6.45, 7) is 6.02. The standard InChI is InChI=1S/C21H21FN2O3S2/c1-3-12-24-18-11-8-16(22)14-19(18)28-21(24)23-20(25)5-4-13-29(26,27)17-9-6-15(2)7-10-17/h3,6-11,14H,1,4-5,12-13H2,2H3. The highest BCUT2D eigenvalue weighted by molar-refractivity contribution is 7.91. The molecule has 29 heavy (non-hydrogen) atoms. The van der Waals surface area contributed by atoms with E-state index in [0.717, 1.165) is 11.1 Å². The molecule has 3 rings (SSSR count). The van der Waals surface area contributed by atoms with Crippen molar-refractivity contribution in [3.05, 3.63) is 71.3 Å². The molecule has 0 unspecified atom stereocenters. The maximum Gasteiger partial charge on any atom is 0.248 e. The van der Waals surface area contributed by atoms with E-state index in [9.17, 15) is 17.6 Å². The highest BCUT2D eigenvalue weighted by atomic mass is 32.2. The van der Waals surface area contributed by atoms with Crippen molar-refractivity contribution in [1.82, 2.24) is 4.57 Å². The first-order chi connectivity index (χ1) is 13.8. The molecule has 5 nitrogen and oxygen atoms in total. The van der Waals surface area contributed by atoms with Gasteiger partial charge in [0, 0.05) is 13.0 Å². The fraction of sp³-hybridized carbons (Fsp3) is 0.238. The Bertz CT molecular complexity index is 1220. The average molecular weight is 433 g/mol. The summed E-state index contributed by atoms with van der Waals surface area (Å²) >= 11 is 1.21. The number of hydrogen-bond acceptors (Lipinski definition) is 4. The van der Waals surface area contributed by atoms with Crippen LogP contribution in [0.25, 0.3) is 10.2 Å². The molecule has 0 spiro atoms. The highest BCUT2D eigenvalue weighted by Crippen LogP contribution is 2.19. The molecule has 0 atom stereocenters. The average Bonchev–Trinajstić information content (AvgIpc) is 2.98. The van der Waals surface area contributed by atoms with E-state index in [1.165, 1.54) is 23.5 Å². The van der Waals surface area contributed by atoms with E-state index in [1.54, 1.807) is 41.0 Å². The summed E-state index contributed by atoms with van der Waals surface area (Å²) in [5, 5.41) is 0. The minimum atomic E-state index is -3.44. The van der Waals surface area contributed by atoms with Gasteiger partial charge in [-0.15, -0.1) is 6.58 Å². The Morgan fingerprint density at radius 1 is 1.24 bits per heavy atom. The first-order valence-electron chi connectivity index (χ1n) is 9.07. The SMILES string of the molecule is C=CCn1c(=NC(=O)CCCS(=O)(=O)c2ccc(C)cc2)sc2cc(F)ccc21. The van der Waals surface area contributed by atoms with Crippen LogP contribution in [0.4, 0.5) is 4.39 Å². The van der Waals surface area contributed by atoms with E-state index in [0.29, 0.717) is 16.0 Å². The Morgan fingerprint density at radius 2 is 1.97 bits per heavy atom. The monoisotopic (exact) mass is 432 g/mol. The molecular formula is C21H21FN2O3S2. The molecule has 3 aromatic rings. The van der Waals surface area contributed by atoms with E-state index in [4.69, 9.17) is 0 Å². The number of sulfone groups is 1. The number of amides is 1. The van der Waals surface area contributed by atoms with Crippen LogP contribution in [-0.2, 0) is 21.2 Å². The number of carbonyl (C=O) groups is 1. The van der Waals surface area contributed by atoms with Crippen molar-refractivity contribution in [1.29, 1.82) is 0 Å². The molecular weight excluding hydrogens is 411 g/mol. The van der Waals surface area contributed by atoms with Crippen molar-refractivity contribution in [2.24, 2.45) is 4.99 Å². The normalized spacial score (nSPS) is 12.4. The summed E-state index contributed by atoms with van der Waals surface area (Å²) in [5.41, 5.74) is 1.75. The zero-order valence-electron chi connectivity index (χ0n) is 16.0. The van der Waals surface area contributed by atoms with Crippen molar-refractivity contribution in [3.63, 3.8) is 0 Å². The van der Waals surface area contributed by atoms with Crippen LogP contribution in [0.3, 0.4) is 0 Å². The Morgan fingerprint density at radius 3 is 2.66 bits per heavy atom. The zero-order valence-corrected chi connectivity index (χ0v) is 17.6. The first kappa shape index (κ1) is 21.1. The molecule has 0 aliphatic rings. The van der Waals surface area contributed by atoms with Crippen LogP contribution in [0.5, 0.6) is 0 Å². The zero-order chi connectivity index (χ0) is 21.0. The van der Waals surface area contributed by atoms with E-state index in [1.807, 2.05) is 6.92 Å². The van der Waals surface area contributed by atoms with Crippen molar-refractivity contribution in [3.8, 4) is 0 Å². The maximum atomic E-state index is 13.5. The molecule has 0 aliphatic heterocycles. The number of fused-ring (bicyclic) bond motifs is 1. The molecule has 8 heteroatoms. The number of rotatable bonds is 7. The lowest BCUT2D eigenvalue weighted by Gasteiger charge is -2.04. The Hall–Kier alpha value is -2.58. The van der Waals surface area contributed by atoms with E-state index in [-0.39, 0.29) is 29.3 Å². The molecule has 0 saturated carbocycles. The lowest BCUT2D eigenvalue weighted by atomic mass is 10.2. The predicted molar refractivity (Wildman–Crippen MR) is 113 cm³/mol. The van der Waals surface area contributed by atoms with Gasteiger partial charge in [-0.25, -0.2) is 12.8 Å². The van der Waals surface area contributed by atoms with Gasteiger partial charge in [-0.3, -0.25) is 4.79 Å². The number of carbonyl (C=O) groups excluding carboxylic acids is 1. The van der Waals surface area contributed by atoms with Gasteiger partial charge in [-0.05, 0) is 43.7 Å². The van der Waals surface area contributed by atoms with Gasteiger partial charge in [-0.1, -0.05) is 35.1 Å². The molecule has 2 aromatic carbocycles. The van der Waals surface area contributed by atoms with Gasteiger partial charge in [0.1, 0.15) is 5.82 Å². The van der Waals surface area contributed by atoms with Crippen molar-refractivity contribution in [2.45, 2.75) is 31.2 Å². The summed E-state index contributed by atoms with van der Waals surface area (Å²) < 4.78 is 40.7. The van der Waals surface area contributed by atoms with E-state index >= 15 is 0 Å². The van der Waals surface area contributed by atoms with Gasteiger partial charge < -0.3 is 4.57 Å². The summed E-state index contributed by atoms with van der Waals surface area (Å²) in [7, 11) is -3.44. The van der Waals surface area contributed by atoms with Crippen LogP contribution in [0.15, 0.2) is 65.0 Å². The third kappa shape index (κ3) is 5.07. The second-order valence-electron chi connectivity index (χ2n) is 6.64. The number of aryl methyl sites for hydroxylation is 1.